The quantitative estimate of drug-likeness (QED) is 0.239. The first kappa shape index (κ1) is 23.9. The number of hydrogen-bond acceptors (Lipinski definition) is 1. The largest absolute Gasteiger partial charge is 0.336 e. The highest BCUT2D eigenvalue weighted by molar-refractivity contribution is 5.92. The van der Waals surface area contributed by atoms with Crippen molar-refractivity contribution >= 4 is 10.9 Å². The summed E-state index contributed by atoms with van der Waals surface area (Å²) >= 11 is 0. The van der Waals surface area contributed by atoms with E-state index in [1.165, 1.54) is 108 Å². The first-order valence-electron chi connectivity index (χ1n) is 13.5. The minimum atomic E-state index is 0.895. The smallest absolute Gasteiger partial charge is 0.0524 e. The molecule has 0 radical (unpaired) electrons. The molecule has 2 heterocycles. The average Bonchev–Trinajstić information content (AvgIpc) is 3.14. The summed E-state index contributed by atoms with van der Waals surface area (Å²) in [6, 6.07) is 25.3. The van der Waals surface area contributed by atoms with Gasteiger partial charge in [0.1, 0.15) is 0 Å². The molecular weight excluding hydrogens is 424 g/mol. The van der Waals surface area contributed by atoms with Gasteiger partial charge in [0.05, 0.1) is 5.69 Å². The fraction of sp³-hybridized carbons (Fsp3) is 0.394. The van der Waals surface area contributed by atoms with E-state index < -0.39 is 0 Å². The lowest BCUT2D eigenvalue weighted by atomic mass is 10.0. The Morgan fingerprint density at radius 1 is 0.686 bits per heavy atom. The number of fused-ring (bicyclic) bond motifs is 1. The zero-order chi connectivity index (χ0) is 24.2. The van der Waals surface area contributed by atoms with Crippen LogP contribution in [-0.2, 0) is 13.0 Å². The second-order valence-electron chi connectivity index (χ2n) is 10.6. The van der Waals surface area contributed by atoms with Crippen molar-refractivity contribution in [3.05, 3.63) is 94.5 Å². The molecule has 0 bridgehead atoms. The highest BCUT2D eigenvalue weighted by Gasteiger charge is 2.16. The zero-order valence-electron chi connectivity index (χ0n) is 21.8. The average molecular weight is 465 g/mol. The van der Waals surface area contributed by atoms with E-state index in [-0.39, 0.29) is 0 Å². The molecule has 0 unspecified atom stereocenters. The van der Waals surface area contributed by atoms with Crippen LogP contribution in [0.1, 0.15) is 59.9 Å². The monoisotopic (exact) mass is 464 g/mol. The van der Waals surface area contributed by atoms with E-state index in [2.05, 4.69) is 97.0 Å². The van der Waals surface area contributed by atoms with Crippen LogP contribution in [-0.4, -0.2) is 29.1 Å². The van der Waals surface area contributed by atoms with Gasteiger partial charge in [0.2, 0.25) is 0 Å². The number of aryl methyl sites for hydroxylation is 4. The SMILES string of the molecule is Cc1ccc(-c2c(C)c3cc(C)ccc3n2Cc2ccc(CCCCN3CCCCC3)cc2)cc1. The summed E-state index contributed by atoms with van der Waals surface area (Å²) in [5.41, 5.74) is 10.8. The molecule has 1 aromatic heterocycles. The second-order valence-corrected chi connectivity index (χ2v) is 10.6. The highest BCUT2D eigenvalue weighted by atomic mass is 15.1. The van der Waals surface area contributed by atoms with Crippen LogP contribution in [0.5, 0.6) is 0 Å². The third-order valence-corrected chi connectivity index (χ3v) is 7.80. The molecule has 1 aliphatic heterocycles. The molecule has 35 heavy (non-hydrogen) atoms. The molecule has 4 aromatic rings. The van der Waals surface area contributed by atoms with Crippen molar-refractivity contribution in [1.29, 1.82) is 0 Å². The molecule has 0 atom stereocenters. The summed E-state index contributed by atoms with van der Waals surface area (Å²) < 4.78 is 2.52. The first-order valence-corrected chi connectivity index (χ1v) is 13.5. The molecule has 1 saturated heterocycles. The van der Waals surface area contributed by atoms with Crippen LogP contribution in [0.15, 0.2) is 66.7 Å². The van der Waals surface area contributed by atoms with Gasteiger partial charge in [-0.15, -0.1) is 0 Å². The molecule has 1 fully saturated rings. The van der Waals surface area contributed by atoms with Crippen LogP contribution in [0, 0.1) is 20.8 Å². The molecule has 2 heteroatoms. The number of piperidine rings is 1. The first-order chi connectivity index (χ1) is 17.1. The second kappa shape index (κ2) is 10.8. The van der Waals surface area contributed by atoms with Gasteiger partial charge in [0.15, 0.2) is 0 Å². The van der Waals surface area contributed by atoms with E-state index in [9.17, 15) is 0 Å². The van der Waals surface area contributed by atoms with Crippen molar-refractivity contribution in [2.45, 2.75) is 65.8 Å². The van der Waals surface area contributed by atoms with E-state index in [1.807, 2.05) is 0 Å². The number of nitrogens with zero attached hydrogens (tertiary/aromatic N) is 2. The summed E-state index contributed by atoms with van der Waals surface area (Å²) in [5, 5.41) is 1.37. The highest BCUT2D eigenvalue weighted by Crippen LogP contribution is 2.34. The number of aromatic nitrogens is 1. The van der Waals surface area contributed by atoms with Gasteiger partial charge in [-0.05, 0) is 107 Å². The van der Waals surface area contributed by atoms with Gasteiger partial charge in [-0.3, -0.25) is 0 Å². The Hall–Kier alpha value is -2.84. The lowest BCUT2D eigenvalue weighted by Crippen LogP contribution is -2.30. The van der Waals surface area contributed by atoms with Gasteiger partial charge in [-0.2, -0.15) is 0 Å². The maximum absolute atomic E-state index is 2.66. The third kappa shape index (κ3) is 5.54. The van der Waals surface area contributed by atoms with E-state index in [4.69, 9.17) is 0 Å². The summed E-state index contributed by atoms with van der Waals surface area (Å²) in [5.74, 6) is 0. The van der Waals surface area contributed by atoms with Crippen LogP contribution in [0.2, 0.25) is 0 Å². The summed E-state index contributed by atoms with van der Waals surface area (Å²) in [7, 11) is 0. The van der Waals surface area contributed by atoms with Gasteiger partial charge >= 0.3 is 0 Å². The molecular formula is C33H40N2. The zero-order valence-corrected chi connectivity index (χ0v) is 21.8. The van der Waals surface area contributed by atoms with Crippen molar-refractivity contribution in [1.82, 2.24) is 9.47 Å². The fourth-order valence-corrected chi connectivity index (χ4v) is 5.73. The van der Waals surface area contributed by atoms with Crippen LogP contribution in [0.3, 0.4) is 0 Å². The summed E-state index contributed by atoms with van der Waals surface area (Å²) in [6.07, 6.45) is 8.00. The molecule has 5 rings (SSSR count). The third-order valence-electron chi connectivity index (χ3n) is 7.80. The standard InChI is InChI=1S/C33H40N2/c1-25-10-17-30(18-11-25)33-27(3)31-23-26(2)12-19-32(31)35(33)24-29-15-13-28(14-16-29)9-5-8-22-34-20-6-4-7-21-34/h10-19,23H,4-9,20-22,24H2,1-3H3. The topological polar surface area (TPSA) is 8.17 Å². The number of benzene rings is 3. The van der Waals surface area contributed by atoms with E-state index in [0.29, 0.717) is 0 Å². The Bertz CT molecular complexity index is 1260. The van der Waals surface area contributed by atoms with Crippen LogP contribution >= 0.6 is 0 Å². The Balaban J connectivity index is 1.32. The predicted octanol–water partition coefficient (Wildman–Crippen LogP) is 8.09. The molecule has 182 valence electrons. The van der Waals surface area contributed by atoms with Crippen molar-refractivity contribution in [2.75, 3.05) is 19.6 Å². The molecule has 0 aliphatic carbocycles. The minimum Gasteiger partial charge on any atom is -0.336 e. The Morgan fingerprint density at radius 3 is 2.11 bits per heavy atom. The molecule has 2 nitrogen and oxygen atoms in total. The van der Waals surface area contributed by atoms with Crippen LogP contribution < -0.4 is 0 Å². The number of hydrogen-bond donors (Lipinski definition) is 0. The maximum Gasteiger partial charge on any atom is 0.0524 e. The summed E-state index contributed by atoms with van der Waals surface area (Å²) in [6.45, 7) is 11.4. The van der Waals surface area contributed by atoms with Gasteiger partial charge < -0.3 is 9.47 Å². The Kier molecular flexibility index (Phi) is 7.39. The fourth-order valence-electron chi connectivity index (χ4n) is 5.73. The van der Waals surface area contributed by atoms with Crippen molar-refractivity contribution in [2.24, 2.45) is 0 Å². The lowest BCUT2D eigenvalue weighted by molar-refractivity contribution is 0.225. The van der Waals surface area contributed by atoms with Gasteiger partial charge in [0.25, 0.3) is 0 Å². The predicted molar refractivity (Wildman–Crippen MR) is 150 cm³/mol. The van der Waals surface area contributed by atoms with Crippen LogP contribution in [0.4, 0.5) is 0 Å². The van der Waals surface area contributed by atoms with E-state index >= 15 is 0 Å². The van der Waals surface area contributed by atoms with Crippen molar-refractivity contribution in [3.63, 3.8) is 0 Å². The molecule has 1 aliphatic rings. The maximum atomic E-state index is 2.66. The normalized spacial score (nSPS) is 14.6. The number of rotatable bonds is 8. The Labute approximate surface area is 211 Å². The van der Waals surface area contributed by atoms with Crippen molar-refractivity contribution < 1.29 is 0 Å². The number of likely N-dealkylation sites (tertiary alicyclic amines) is 1. The molecule has 3 aromatic carbocycles. The minimum absolute atomic E-state index is 0.895. The van der Waals surface area contributed by atoms with Crippen LogP contribution in [0.25, 0.3) is 22.2 Å². The number of unbranched alkanes of at least 4 members (excludes halogenated alkanes) is 1. The van der Waals surface area contributed by atoms with Gasteiger partial charge in [0, 0.05) is 17.4 Å². The lowest BCUT2D eigenvalue weighted by Gasteiger charge is -2.26. The van der Waals surface area contributed by atoms with Crippen molar-refractivity contribution in [3.8, 4) is 11.3 Å². The van der Waals surface area contributed by atoms with E-state index in [1.54, 1.807) is 0 Å². The molecule has 0 amide bonds. The van der Waals surface area contributed by atoms with Gasteiger partial charge in [-0.25, -0.2) is 0 Å². The van der Waals surface area contributed by atoms with E-state index in [0.717, 1.165) is 6.54 Å². The summed E-state index contributed by atoms with van der Waals surface area (Å²) in [4.78, 5) is 2.66. The Morgan fingerprint density at radius 2 is 1.37 bits per heavy atom. The molecule has 0 spiro atoms. The molecule has 0 N–H and O–H groups in total. The van der Waals surface area contributed by atoms with Gasteiger partial charge in [-0.1, -0.05) is 72.1 Å². The molecule has 0 saturated carbocycles.